The van der Waals surface area contributed by atoms with Crippen LogP contribution in [0.2, 0.25) is 0 Å². The molecule has 3 N–H and O–H groups in total. The van der Waals surface area contributed by atoms with Crippen molar-refractivity contribution in [1.29, 1.82) is 0 Å². The van der Waals surface area contributed by atoms with Gasteiger partial charge in [0.05, 0.1) is 11.9 Å². The summed E-state index contributed by atoms with van der Waals surface area (Å²) >= 11 is 0. The number of hydrogen-bond acceptors (Lipinski definition) is 3. The molecule has 0 aliphatic heterocycles. The topological polar surface area (TPSA) is 55.9 Å². The van der Waals surface area contributed by atoms with Crippen molar-refractivity contribution in [2.24, 2.45) is 18.7 Å². The maximum atomic E-state index is 5.53. The molecule has 0 spiro atoms. The summed E-state index contributed by atoms with van der Waals surface area (Å²) in [5.74, 6) is 0.630. The zero-order valence-electron chi connectivity index (χ0n) is 9.03. The second-order valence-corrected chi connectivity index (χ2v) is 3.81. The number of nitrogens with one attached hydrogen (secondary N) is 1. The van der Waals surface area contributed by atoms with Crippen molar-refractivity contribution in [1.82, 2.24) is 9.78 Å². The summed E-state index contributed by atoms with van der Waals surface area (Å²) in [6.07, 6.45) is 6.16. The van der Waals surface area contributed by atoms with Crippen molar-refractivity contribution in [2.75, 3.05) is 18.4 Å². The van der Waals surface area contributed by atoms with Crippen LogP contribution in [0.25, 0.3) is 0 Å². The molecule has 1 heterocycles. The summed E-state index contributed by atoms with van der Waals surface area (Å²) in [6, 6.07) is 0. The van der Waals surface area contributed by atoms with Gasteiger partial charge in [0.2, 0.25) is 0 Å². The minimum atomic E-state index is 0.630. The molecule has 1 rings (SSSR count). The van der Waals surface area contributed by atoms with Gasteiger partial charge in [-0.05, 0) is 25.3 Å². The van der Waals surface area contributed by atoms with E-state index in [1.165, 1.54) is 6.42 Å². The van der Waals surface area contributed by atoms with Crippen LogP contribution in [-0.2, 0) is 7.05 Å². The standard InChI is InChI=1S/C10H20N4/c1-9(6-11)4-3-5-12-10-7-13-14(2)8-10/h7-9,12H,3-6,11H2,1-2H3. The smallest absolute Gasteiger partial charge is 0.0726 e. The van der Waals surface area contributed by atoms with E-state index in [0.717, 1.165) is 25.2 Å². The highest BCUT2D eigenvalue weighted by Gasteiger charge is 1.98. The Hall–Kier alpha value is -1.03. The van der Waals surface area contributed by atoms with Gasteiger partial charge in [-0.1, -0.05) is 6.92 Å². The molecule has 0 aliphatic carbocycles. The van der Waals surface area contributed by atoms with E-state index in [9.17, 15) is 0 Å². The third-order valence-electron chi connectivity index (χ3n) is 2.31. The first-order valence-electron chi connectivity index (χ1n) is 5.15. The predicted molar refractivity (Wildman–Crippen MR) is 59.2 cm³/mol. The maximum absolute atomic E-state index is 5.53. The van der Waals surface area contributed by atoms with E-state index in [0.29, 0.717) is 5.92 Å². The lowest BCUT2D eigenvalue weighted by Crippen LogP contribution is -2.12. The second kappa shape index (κ2) is 5.65. The Kier molecular flexibility index (Phi) is 4.46. The molecule has 0 fully saturated rings. The molecule has 80 valence electrons. The van der Waals surface area contributed by atoms with Gasteiger partial charge in [-0.25, -0.2) is 0 Å². The Morgan fingerprint density at radius 3 is 3.00 bits per heavy atom. The van der Waals surface area contributed by atoms with Gasteiger partial charge in [0.15, 0.2) is 0 Å². The Bertz CT molecular complexity index is 256. The second-order valence-electron chi connectivity index (χ2n) is 3.81. The van der Waals surface area contributed by atoms with Crippen LogP contribution in [0.1, 0.15) is 19.8 Å². The Labute approximate surface area is 85.5 Å². The molecular weight excluding hydrogens is 176 g/mol. The predicted octanol–water partition coefficient (Wildman–Crippen LogP) is 1.21. The van der Waals surface area contributed by atoms with Crippen LogP contribution in [-0.4, -0.2) is 22.9 Å². The van der Waals surface area contributed by atoms with Crippen LogP contribution in [0, 0.1) is 5.92 Å². The summed E-state index contributed by atoms with van der Waals surface area (Å²) in [5.41, 5.74) is 6.63. The third kappa shape index (κ3) is 3.79. The number of aromatic nitrogens is 2. The SMILES string of the molecule is CC(CN)CCCNc1cnn(C)c1. The fourth-order valence-corrected chi connectivity index (χ4v) is 1.31. The first-order valence-corrected chi connectivity index (χ1v) is 5.15. The molecule has 1 atom stereocenters. The van der Waals surface area contributed by atoms with Gasteiger partial charge in [-0.2, -0.15) is 5.10 Å². The quantitative estimate of drug-likeness (QED) is 0.672. The van der Waals surface area contributed by atoms with E-state index in [1.54, 1.807) is 4.68 Å². The highest BCUT2D eigenvalue weighted by molar-refractivity contribution is 5.37. The molecule has 0 radical (unpaired) electrons. The van der Waals surface area contributed by atoms with Crippen LogP contribution in [0.15, 0.2) is 12.4 Å². The summed E-state index contributed by atoms with van der Waals surface area (Å²) in [5, 5.41) is 7.40. The van der Waals surface area contributed by atoms with Crippen molar-refractivity contribution in [2.45, 2.75) is 19.8 Å². The third-order valence-corrected chi connectivity index (χ3v) is 2.31. The van der Waals surface area contributed by atoms with Crippen LogP contribution < -0.4 is 11.1 Å². The average molecular weight is 196 g/mol. The highest BCUT2D eigenvalue weighted by atomic mass is 15.3. The first-order chi connectivity index (χ1) is 6.72. The maximum Gasteiger partial charge on any atom is 0.0726 e. The van der Waals surface area contributed by atoms with Gasteiger partial charge in [-0.3, -0.25) is 4.68 Å². The number of anilines is 1. The number of nitrogens with zero attached hydrogens (tertiary/aromatic N) is 2. The van der Waals surface area contributed by atoms with Crippen LogP contribution in [0.4, 0.5) is 5.69 Å². The van der Waals surface area contributed by atoms with Gasteiger partial charge < -0.3 is 11.1 Å². The monoisotopic (exact) mass is 196 g/mol. The lowest BCUT2D eigenvalue weighted by Gasteiger charge is -2.08. The first kappa shape index (κ1) is 11.0. The van der Waals surface area contributed by atoms with Gasteiger partial charge >= 0.3 is 0 Å². The zero-order chi connectivity index (χ0) is 10.4. The van der Waals surface area contributed by atoms with E-state index in [-0.39, 0.29) is 0 Å². The van der Waals surface area contributed by atoms with Crippen molar-refractivity contribution >= 4 is 5.69 Å². The largest absolute Gasteiger partial charge is 0.383 e. The Balaban J connectivity index is 2.10. The van der Waals surface area contributed by atoms with E-state index < -0.39 is 0 Å². The average Bonchev–Trinajstić information content (AvgIpc) is 2.58. The molecule has 1 aromatic heterocycles. The van der Waals surface area contributed by atoms with Gasteiger partial charge in [0.1, 0.15) is 0 Å². The van der Waals surface area contributed by atoms with Crippen LogP contribution in [0.3, 0.4) is 0 Å². The molecule has 0 bridgehead atoms. The Morgan fingerprint density at radius 2 is 2.43 bits per heavy atom. The molecule has 14 heavy (non-hydrogen) atoms. The van der Waals surface area contributed by atoms with Crippen molar-refractivity contribution in [3.05, 3.63) is 12.4 Å². The van der Waals surface area contributed by atoms with Gasteiger partial charge in [0, 0.05) is 19.8 Å². The van der Waals surface area contributed by atoms with E-state index >= 15 is 0 Å². The molecule has 4 heteroatoms. The van der Waals surface area contributed by atoms with Crippen LogP contribution in [0.5, 0.6) is 0 Å². The van der Waals surface area contributed by atoms with Gasteiger partial charge in [-0.15, -0.1) is 0 Å². The molecule has 0 aliphatic rings. The Morgan fingerprint density at radius 1 is 1.64 bits per heavy atom. The lowest BCUT2D eigenvalue weighted by molar-refractivity contribution is 0.529. The molecule has 0 amide bonds. The molecule has 1 unspecified atom stereocenters. The van der Waals surface area contributed by atoms with E-state index in [4.69, 9.17) is 5.73 Å². The summed E-state index contributed by atoms with van der Waals surface area (Å²) in [7, 11) is 1.92. The van der Waals surface area contributed by atoms with Gasteiger partial charge in [0.25, 0.3) is 0 Å². The van der Waals surface area contributed by atoms with Crippen LogP contribution >= 0.6 is 0 Å². The summed E-state index contributed by atoms with van der Waals surface area (Å²) < 4.78 is 1.80. The molecule has 0 saturated heterocycles. The number of hydrogen-bond donors (Lipinski definition) is 2. The fourth-order valence-electron chi connectivity index (χ4n) is 1.31. The van der Waals surface area contributed by atoms with Crippen molar-refractivity contribution in [3.8, 4) is 0 Å². The summed E-state index contributed by atoms with van der Waals surface area (Å²) in [6.45, 7) is 3.97. The minimum Gasteiger partial charge on any atom is -0.383 e. The fraction of sp³-hybridized carbons (Fsp3) is 0.700. The minimum absolute atomic E-state index is 0.630. The van der Waals surface area contributed by atoms with Crippen molar-refractivity contribution in [3.63, 3.8) is 0 Å². The molecule has 4 nitrogen and oxygen atoms in total. The zero-order valence-corrected chi connectivity index (χ0v) is 9.03. The lowest BCUT2D eigenvalue weighted by atomic mass is 10.1. The summed E-state index contributed by atoms with van der Waals surface area (Å²) in [4.78, 5) is 0. The van der Waals surface area contributed by atoms with Crippen molar-refractivity contribution < 1.29 is 0 Å². The molecule has 1 aromatic rings. The van der Waals surface area contributed by atoms with E-state index in [2.05, 4.69) is 17.3 Å². The number of nitrogens with two attached hydrogens (primary N) is 1. The van der Waals surface area contributed by atoms with E-state index in [1.807, 2.05) is 19.4 Å². The number of rotatable bonds is 6. The number of aryl methyl sites for hydroxylation is 1. The normalized spacial score (nSPS) is 12.8. The molecular formula is C10H20N4. The molecule has 0 aromatic carbocycles. The highest BCUT2D eigenvalue weighted by Crippen LogP contribution is 2.06. The molecule has 0 saturated carbocycles.